The van der Waals surface area contributed by atoms with Crippen LogP contribution in [0.3, 0.4) is 0 Å². The maximum atomic E-state index is 12.9. The van der Waals surface area contributed by atoms with Gasteiger partial charge in [-0.2, -0.15) is 0 Å². The minimum Gasteiger partial charge on any atom is -0.352 e. The molecule has 0 saturated heterocycles. The van der Waals surface area contributed by atoms with Gasteiger partial charge in [0.15, 0.2) is 0 Å². The number of halogens is 1. The van der Waals surface area contributed by atoms with Crippen LogP contribution in [0, 0.1) is 12.7 Å². The van der Waals surface area contributed by atoms with Crippen molar-refractivity contribution in [2.75, 3.05) is 6.54 Å². The van der Waals surface area contributed by atoms with Gasteiger partial charge in [-0.1, -0.05) is 0 Å². The molecule has 24 heavy (non-hydrogen) atoms. The summed E-state index contributed by atoms with van der Waals surface area (Å²) < 4.78 is 12.9. The molecular weight excluding hydrogens is 325 g/mol. The molecule has 1 N–H and O–H groups in total. The summed E-state index contributed by atoms with van der Waals surface area (Å²) in [4.78, 5) is 21.7. The average molecular weight is 341 g/mol. The van der Waals surface area contributed by atoms with Crippen LogP contribution in [0.5, 0.6) is 0 Å². The van der Waals surface area contributed by atoms with Crippen LogP contribution in [0.25, 0.3) is 10.6 Å². The van der Waals surface area contributed by atoms with E-state index >= 15 is 0 Å². The van der Waals surface area contributed by atoms with Crippen molar-refractivity contribution in [1.82, 2.24) is 15.3 Å². The summed E-state index contributed by atoms with van der Waals surface area (Å²) in [5.74, 6) is -0.554. The van der Waals surface area contributed by atoms with Crippen molar-refractivity contribution in [2.45, 2.75) is 13.3 Å². The first kappa shape index (κ1) is 16.3. The topological polar surface area (TPSA) is 54.9 Å². The van der Waals surface area contributed by atoms with Gasteiger partial charge in [0.1, 0.15) is 10.8 Å². The number of rotatable bonds is 5. The Labute approximate surface area is 143 Å². The summed E-state index contributed by atoms with van der Waals surface area (Å²) in [5, 5.41) is 3.80. The molecule has 2 heterocycles. The second-order valence-corrected chi connectivity index (χ2v) is 6.36. The third-order valence-corrected chi connectivity index (χ3v) is 4.83. The predicted octanol–water partition coefficient (Wildman–Crippen LogP) is 3.63. The lowest BCUT2D eigenvalue weighted by atomic mass is 10.2. The first-order valence-electron chi connectivity index (χ1n) is 7.54. The summed E-state index contributed by atoms with van der Waals surface area (Å²) in [7, 11) is 0. The summed E-state index contributed by atoms with van der Waals surface area (Å²) in [6.07, 6.45) is 4.20. The zero-order chi connectivity index (χ0) is 16.9. The molecule has 0 aliphatic heterocycles. The Morgan fingerprint density at radius 2 is 1.88 bits per heavy atom. The highest BCUT2D eigenvalue weighted by Crippen LogP contribution is 2.27. The number of thiazole rings is 1. The molecule has 2 aromatic heterocycles. The molecule has 0 saturated carbocycles. The first-order chi connectivity index (χ1) is 11.6. The van der Waals surface area contributed by atoms with Crippen LogP contribution in [0.15, 0.2) is 48.8 Å². The van der Waals surface area contributed by atoms with Crippen molar-refractivity contribution in [2.24, 2.45) is 0 Å². The maximum absolute atomic E-state index is 12.9. The molecule has 0 bridgehead atoms. The number of aromatic nitrogens is 2. The van der Waals surface area contributed by atoms with Crippen LogP contribution in [-0.2, 0) is 6.42 Å². The highest BCUT2D eigenvalue weighted by molar-refractivity contribution is 7.15. The molecule has 0 atom stereocenters. The summed E-state index contributed by atoms with van der Waals surface area (Å²) in [6, 6.07) is 9.37. The molecule has 0 radical (unpaired) electrons. The number of carbonyl (C=O) groups excluding carboxylic acids is 1. The molecule has 0 unspecified atom stereocenters. The number of carbonyl (C=O) groups is 1. The molecule has 0 aliphatic carbocycles. The van der Waals surface area contributed by atoms with E-state index in [2.05, 4.69) is 15.3 Å². The molecule has 1 aromatic carbocycles. The van der Waals surface area contributed by atoms with Gasteiger partial charge in [0.25, 0.3) is 5.91 Å². The van der Waals surface area contributed by atoms with Gasteiger partial charge in [-0.05, 0) is 43.3 Å². The van der Waals surface area contributed by atoms with Gasteiger partial charge < -0.3 is 5.32 Å². The third-order valence-electron chi connectivity index (χ3n) is 3.56. The van der Waals surface area contributed by atoms with Crippen molar-refractivity contribution in [3.05, 3.63) is 70.7 Å². The quantitative estimate of drug-likeness (QED) is 0.771. The fourth-order valence-electron chi connectivity index (χ4n) is 2.27. The van der Waals surface area contributed by atoms with Crippen molar-refractivity contribution in [3.8, 4) is 10.6 Å². The highest BCUT2D eigenvalue weighted by atomic mass is 32.1. The Balaban J connectivity index is 1.60. The monoisotopic (exact) mass is 341 g/mol. The van der Waals surface area contributed by atoms with Gasteiger partial charge in [-0.25, -0.2) is 9.37 Å². The Kier molecular flexibility index (Phi) is 4.96. The summed E-state index contributed by atoms with van der Waals surface area (Å²) >= 11 is 1.62. The van der Waals surface area contributed by atoms with Crippen molar-refractivity contribution >= 4 is 17.2 Å². The minimum atomic E-state index is -0.351. The highest BCUT2D eigenvalue weighted by Gasteiger charge is 2.10. The van der Waals surface area contributed by atoms with Crippen molar-refractivity contribution in [3.63, 3.8) is 0 Å². The largest absolute Gasteiger partial charge is 0.352 e. The van der Waals surface area contributed by atoms with E-state index in [0.717, 1.165) is 21.1 Å². The van der Waals surface area contributed by atoms with E-state index in [1.807, 2.05) is 19.1 Å². The number of nitrogens with zero attached hydrogens (tertiary/aromatic N) is 2. The standard InChI is InChI=1S/C18H16FN3OS/c1-12-16(24-18(22-12)14-6-9-20-10-7-14)8-11-21-17(23)13-2-4-15(19)5-3-13/h2-7,9-10H,8,11H2,1H3,(H,21,23). The number of pyridine rings is 1. The van der Waals surface area contributed by atoms with Crippen LogP contribution in [0.4, 0.5) is 4.39 Å². The number of hydrogen-bond acceptors (Lipinski definition) is 4. The molecule has 3 rings (SSSR count). The maximum Gasteiger partial charge on any atom is 0.251 e. The number of nitrogens with one attached hydrogen (secondary N) is 1. The van der Waals surface area contributed by atoms with Crippen LogP contribution in [0.2, 0.25) is 0 Å². The molecule has 0 aliphatic rings. The summed E-state index contributed by atoms with van der Waals surface area (Å²) in [5.41, 5.74) is 2.47. The molecule has 0 spiro atoms. The zero-order valence-electron chi connectivity index (χ0n) is 13.1. The second kappa shape index (κ2) is 7.31. The first-order valence-corrected chi connectivity index (χ1v) is 8.35. The average Bonchev–Trinajstić information content (AvgIpc) is 2.97. The van der Waals surface area contributed by atoms with Crippen LogP contribution in [-0.4, -0.2) is 22.4 Å². The van der Waals surface area contributed by atoms with Crippen LogP contribution >= 0.6 is 11.3 Å². The lowest BCUT2D eigenvalue weighted by Gasteiger charge is -2.04. The van der Waals surface area contributed by atoms with E-state index in [1.165, 1.54) is 24.3 Å². The Morgan fingerprint density at radius 3 is 2.58 bits per heavy atom. The number of amides is 1. The SMILES string of the molecule is Cc1nc(-c2ccncc2)sc1CCNC(=O)c1ccc(F)cc1. The fraction of sp³-hybridized carbons (Fsp3) is 0.167. The Morgan fingerprint density at radius 1 is 1.17 bits per heavy atom. The van der Waals surface area contributed by atoms with E-state index < -0.39 is 0 Å². The normalized spacial score (nSPS) is 10.6. The molecule has 122 valence electrons. The zero-order valence-corrected chi connectivity index (χ0v) is 13.9. The van der Waals surface area contributed by atoms with Crippen LogP contribution in [0.1, 0.15) is 20.9 Å². The Hall–Kier alpha value is -2.60. The molecule has 3 aromatic rings. The molecule has 1 amide bonds. The van der Waals surface area contributed by atoms with E-state index in [1.54, 1.807) is 23.7 Å². The van der Waals surface area contributed by atoms with Gasteiger partial charge in [0.05, 0.1) is 5.69 Å². The van der Waals surface area contributed by atoms with Gasteiger partial charge in [-0.3, -0.25) is 9.78 Å². The lowest BCUT2D eigenvalue weighted by molar-refractivity contribution is 0.0954. The second-order valence-electron chi connectivity index (χ2n) is 5.28. The van der Waals surface area contributed by atoms with E-state index in [-0.39, 0.29) is 11.7 Å². The number of hydrogen-bond donors (Lipinski definition) is 1. The third kappa shape index (κ3) is 3.83. The van der Waals surface area contributed by atoms with Crippen molar-refractivity contribution in [1.29, 1.82) is 0 Å². The molecule has 6 heteroatoms. The van der Waals surface area contributed by atoms with Gasteiger partial charge >= 0.3 is 0 Å². The van der Waals surface area contributed by atoms with E-state index in [0.29, 0.717) is 18.5 Å². The smallest absolute Gasteiger partial charge is 0.251 e. The Bertz CT molecular complexity index is 831. The number of benzene rings is 1. The predicted molar refractivity (Wildman–Crippen MR) is 92.5 cm³/mol. The molecule has 4 nitrogen and oxygen atoms in total. The van der Waals surface area contributed by atoms with E-state index in [9.17, 15) is 9.18 Å². The summed E-state index contributed by atoms with van der Waals surface area (Å²) in [6.45, 7) is 2.48. The van der Waals surface area contributed by atoms with Gasteiger partial charge in [-0.15, -0.1) is 11.3 Å². The lowest BCUT2D eigenvalue weighted by Crippen LogP contribution is -2.25. The fourth-order valence-corrected chi connectivity index (χ4v) is 3.34. The van der Waals surface area contributed by atoms with E-state index in [4.69, 9.17) is 0 Å². The number of aryl methyl sites for hydroxylation is 1. The van der Waals surface area contributed by atoms with Crippen LogP contribution < -0.4 is 5.32 Å². The van der Waals surface area contributed by atoms with Crippen molar-refractivity contribution < 1.29 is 9.18 Å². The molecule has 0 fully saturated rings. The van der Waals surface area contributed by atoms with Gasteiger partial charge in [0.2, 0.25) is 0 Å². The molecular formula is C18H16FN3OS. The minimum absolute atomic E-state index is 0.202. The van der Waals surface area contributed by atoms with Gasteiger partial charge in [0, 0.05) is 41.4 Å².